The molecule has 1 amide bonds. The maximum atomic E-state index is 13.1. The van der Waals surface area contributed by atoms with Crippen LogP contribution in [0.2, 0.25) is 0 Å². The van der Waals surface area contributed by atoms with E-state index >= 15 is 0 Å². The van der Waals surface area contributed by atoms with Crippen LogP contribution >= 0.6 is 0 Å². The Balaban J connectivity index is 1.49. The number of nitrogens with one attached hydrogen (secondary N) is 2. The highest BCUT2D eigenvalue weighted by atomic mass is 19.1. The first-order valence-electron chi connectivity index (χ1n) is 9.70. The summed E-state index contributed by atoms with van der Waals surface area (Å²) in [6.45, 7) is 7.98. The Kier molecular flexibility index (Phi) is 5.94. The molecule has 138 valence electrons. The van der Waals surface area contributed by atoms with E-state index in [0.29, 0.717) is 12.0 Å². The van der Waals surface area contributed by atoms with Gasteiger partial charge in [-0.15, -0.1) is 0 Å². The molecule has 3 rings (SSSR count). The SMILES string of the molecule is C[C@@H]1CCCC[C@H]1NC(=O)[C@@H](C)[NH+]1CCN(c2ccc(F)cc2)CC1. The zero-order valence-electron chi connectivity index (χ0n) is 15.4. The molecule has 0 spiro atoms. The Morgan fingerprint density at radius 1 is 1.20 bits per heavy atom. The molecule has 1 aromatic carbocycles. The maximum Gasteiger partial charge on any atom is 0.278 e. The molecule has 25 heavy (non-hydrogen) atoms. The summed E-state index contributed by atoms with van der Waals surface area (Å²) in [5.74, 6) is 0.592. The van der Waals surface area contributed by atoms with Crippen LogP contribution in [-0.2, 0) is 4.79 Å². The fourth-order valence-corrected chi connectivity index (χ4v) is 4.16. The van der Waals surface area contributed by atoms with Crippen molar-refractivity contribution in [1.29, 1.82) is 0 Å². The van der Waals surface area contributed by atoms with Gasteiger partial charge < -0.3 is 15.1 Å². The van der Waals surface area contributed by atoms with E-state index in [1.165, 1.54) is 36.3 Å². The zero-order valence-corrected chi connectivity index (χ0v) is 15.4. The van der Waals surface area contributed by atoms with E-state index in [2.05, 4.69) is 17.1 Å². The predicted molar refractivity (Wildman–Crippen MR) is 98.3 cm³/mol. The second kappa shape index (κ2) is 8.17. The molecule has 0 aromatic heterocycles. The molecule has 1 aliphatic carbocycles. The minimum Gasteiger partial charge on any atom is -0.360 e. The number of quaternary nitrogens is 1. The van der Waals surface area contributed by atoms with Gasteiger partial charge >= 0.3 is 0 Å². The molecule has 0 radical (unpaired) electrons. The molecule has 1 aliphatic heterocycles. The van der Waals surface area contributed by atoms with Crippen LogP contribution in [0.25, 0.3) is 0 Å². The zero-order chi connectivity index (χ0) is 17.8. The third-order valence-electron chi connectivity index (χ3n) is 6.04. The first-order chi connectivity index (χ1) is 12.0. The van der Waals surface area contributed by atoms with Gasteiger partial charge in [0, 0.05) is 11.7 Å². The molecule has 3 atom stereocenters. The number of hydrogen-bond donors (Lipinski definition) is 2. The van der Waals surface area contributed by atoms with Gasteiger partial charge in [-0.25, -0.2) is 4.39 Å². The number of carbonyl (C=O) groups is 1. The van der Waals surface area contributed by atoms with Crippen molar-refractivity contribution in [2.24, 2.45) is 5.92 Å². The van der Waals surface area contributed by atoms with Gasteiger partial charge in [-0.2, -0.15) is 0 Å². The number of piperazine rings is 1. The minimum absolute atomic E-state index is 0.00973. The molecular formula is C20H31FN3O+. The van der Waals surface area contributed by atoms with Crippen molar-refractivity contribution >= 4 is 11.6 Å². The lowest BCUT2D eigenvalue weighted by Crippen LogP contribution is -3.19. The van der Waals surface area contributed by atoms with Gasteiger partial charge in [0.2, 0.25) is 0 Å². The first-order valence-corrected chi connectivity index (χ1v) is 9.70. The number of nitrogens with zero attached hydrogens (tertiary/aromatic N) is 1. The third-order valence-corrected chi connectivity index (χ3v) is 6.04. The van der Waals surface area contributed by atoms with Gasteiger partial charge in [-0.1, -0.05) is 19.8 Å². The number of carbonyl (C=O) groups excluding carboxylic acids is 1. The smallest absolute Gasteiger partial charge is 0.278 e. The summed E-state index contributed by atoms with van der Waals surface area (Å²) in [6, 6.07) is 7.03. The summed E-state index contributed by atoms with van der Waals surface area (Å²) in [7, 11) is 0. The van der Waals surface area contributed by atoms with Crippen molar-refractivity contribution in [3.8, 4) is 0 Å². The summed E-state index contributed by atoms with van der Waals surface area (Å²) in [5.41, 5.74) is 1.06. The van der Waals surface area contributed by atoms with Crippen LogP contribution < -0.4 is 15.1 Å². The number of hydrogen-bond acceptors (Lipinski definition) is 2. The molecule has 5 heteroatoms. The van der Waals surface area contributed by atoms with Crippen LogP contribution in [0.3, 0.4) is 0 Å². The highest BCUT2D eigenvalue weighted by molar-refractivity contribution is 5.80. The average molecular weight is 348 g/mol. The van der Waals surface area contributed by atoms with E-state index in [-0.39, 0.29) is 17.8 Å². The Bertz CT molecular complexity index is 569. The lowest BCUT2D eigenvalue weighted by molar-refractivity contribution is -0.914. The molecule has 2 aliphatic rings. The van der Waals surface area contributed by atoms with Crippen LogP contribution in [0.5, 0.6) is 0 Å². The number of benzene rings is 1. The molecule has 0 bridgehead atoms. The summed E-state index contributed by atoms with van der Waals surface area (Å²) in [4.78, 5) is 16.3. The third kappa shape index (κ3) is 4.51. The summed E-state index contributed by atoms with van der Waals surface area (Å²) in [5, 5.41) is 3.30. The highest BCUT2D eigenvalue weighted by Crippen LogP contribution is 2.23. The number of amides is 1. The lowest BCUT2D eigenvalue weighted by atomic mass is 9.86. The topological polar surface area (TPSA) is 36.8 Å². The number of rotatable bonds is 4. The van der Waals surface area contributed by atoms with E-state index in [4.69, 9.17) is 0 Å². The molecule has 1 aromatic rings. The number of anilines is 1. The standard InChI is InChI=1S/C20H30FN3O/c1-15-5-3-4-6-19(15)22-20(25)16(2)23-11-13-24(14-12-23)18-9-7-17(21)8-10-18/h7-10,15-16,19H,3-6,11-14H2,1-2H3,(H,22,25)/p+1/t15-,16-,19-/m1/s1. The van der Waals surface area contributed by atoms with E-state index in [1.54, 1.807) is 0 Å². The van der Waals surface area contributed by atoms with Crippen LogP contribution in [0.15, 0.2) is 24.3 Å². The maximum absolute atomic E-state index is 13.1. The Morgan fingerprint density at radius 3 is 2.48 bits per heavy atom. The first kappa shape index (κ1) is 18.2. The second-order valence-corrected chi connectivity index (χ2v) is 7.72. The molecule has 1 saturated carbocycles. The van der Waals surface area contributed by atoms with Crippen molar-refractivity contribution < 1.29 is 14.1 Å². The van der Waals surface area contributed by atoms with Crippen molar-refractivity contribution in [1.82, 2.24) is 5.32 Å². The summed E-state index contributed by atoms with van der Waals surface area (Å²) < 4.78 is 13.1. The van der Waals surface area contributed by atoms with Gasteiger partial charge in [-0.3, -0.25) is 4.79 Å². The summed E-state index contributed by atoms with van der Waals surface area (Å²) >= 11 is 0. The quantitative estimate of drug-likeness (QED) is 0.867. The Labute approximate surface area is 150 Å². The Hall–Kier alpha value is -1.62. The lowest BCUT2D eigenvalue weighted by Gasteiger charge is -2.37. The minimum atomic E-state index is -0.199. The Morgan fingerprint density at radius 2 is 1.84 bits per heavy atom. The van der Waals surface area contributed by atoms with E-state index in [1.807, 2.05) is 19.1 Å². The van der Waals surface area contributed by atoms with Crippen molar-refractivity contribution in [2.75, 3.05) is 31.1 Å². The van der Waals surface area contributed by atoms with Crippen molar-refractivity contribution in [3.63, 3.8) is 0 Å². The monoisotopic (exact) mass is 348 g/mol. The highest BCUT2D eigenvalue weighted by Gasteiger charge is 2.31. The van der Waals surface area contributed by atoms with Crippen molar-refractivity contribution in [3.05, 3.63) is 30.1 Å². The fourth-order valence-electron chi connectivity index (χ4n) is 4.16. The van der Waals surface area contributed by atoms with E-state index in [9.17, 15) is 9.18 Å². The molecule has 1 saturated heterocycles. The van der Waals surface area contributed by atoms with Crippen LogP contribution in [0.1, 0.15) is 39.5 Å². The molecule has 4 nitrogen and oxygen atoms in total. The number of halogens is 1. The van der Waals surface area contributed by atoms with Gasteiger partial charge in [0.25, 0.3) is 5.91 Å². The predicted octanol–water partition coefficient (Wildman–Crippen LogP) is 1.61. The van der Waals surface area contributed by atoms with Gasteiger partial charge in [0.05, 0.1) is 26.2 Å². The summed E-state index contributed by atoms with van der Waals surface area (Å²) in [6.07, 6.45) is 4.86. The van der Waals surface area contributed by atoms with Crippen LogP contribution in [0.4, 0.5) is 10.1 Å². The van der Waals surface area contributed by atoms with Crippen LogP contribution in [-0.4, -0.2) is 44.2 Å². The van der Waals surface area contributed by atoms with Gasteiger partial charge in [0.15, 0.2) is 6.04 Å². The van der Waals surface area contributed by atoms with E-state index < -0.39 is 0 Å². The second-order valence-electron chi connectivity index (χ2n) is 7.72. The van der Waals surface area contributed by atoms with Crippen LogP contribution in [0, 0.1) is 11.7 Å². The van der Waals surface area contributed by atoms with Gasteiger partial charge in [0.1, 0.15) is 5.82 Å². The molecule has 0 unspecified atom stereocenters. The fraction of sp³-hybridized carbons (Fsp3) is 0.650. The molecule has 2 N–H and O–H groups in total. The van der Waals surface area contributed by atoms with E-state index in [0.717, 1.165) is 38.3 Å². The van der Waals surface area contributed by atoms with Crippen molar-refractivity contribution in [2.45, 2.75) is 51.6 Å². The molecule has 2 fully saturated rings. The normalized spacial score (nSPS) is 26.3. The van der Waals surface area contributed by atoms with Gasteiger partial charge in [-0.05, 0) is 49.9 Å². The molecular weight excluding hydrogens is 317 g/mol. The average Bonchev–Trinajstić information content (AvgIpc) is 2.64. The largest absolute Gasteiger partial charge is 0.360 e. The molecule has 1 heterocycles.